The van der Waals surface area contributed by atoms with Crippen LogP contribution in [0.25, 0.3) is 6.08 Å². The van der Waals surface area contributed by atoms with E-state index in [9.17, 15) is 14.4 Å². The van der Waals surface area contributed by atoms with Crippen molar-refractivity contribution in [3.05, 3.63) is 94.3 Å². The fraction of sp³-hybridized carbons (Fsp3) is 0.382. The standard InChI is InChI=1S/C34H35N3O3/c1-21-12-27(22(2)36(21)20-23-6-4-3-5-7-23)16-30-31(38)35-33(40)37(32(30)39)29-10-8-28(9-11-29)34-17-24-13-25(18-34)15-26(14-24)19-34/h3-12,16,24-26H,13-15,17-20H2,1-2H3,(H,35,38,40)/b30-16+. The molecule has 5 fully saturated rings. The molecule has 0 spiro atoms. The number of urea groups is 1. The molecule has 1 aliphatic heterocycles. The molecule has 5 aliphatic rings. The van der Waals surface area contributed by atoms with Crippen LogP contribution in [0.4, 0.5) is 10.5 Å². The first-order valence-corrected chi connectivity index (χ1v) is 14.5. The number of imide groups is 2. The first-order valence-electron chi connectivity index (χ1n) is 14.5. The van der Waals surface area contributed by atoms with E-state index in [1.165, 1.54) is 49.7 Å². The van der Waals surface area contributed by atoms with Gasteiger partial charge in [-0.25, -0.2) is 9.69 Å². The molecule has 4 aliphatic carbocycles. The highest BCUT2D eigenvalue weighted by molar-refractivity contribution is 6.39. The van der Waals surface area contributed by atoms with Crippen LogP contribution in [0.5, 0.6) is 0 Å². The van der Waals surface area contributed by atoms with Gasteiger partial charge in [-0.15, -0.1) is 0 Å². The summed E-state index contributed by atoms with van der Waals surface area (Å²) in [5.74, 6) is 1.27. The maximum absolute atomic E-state index is 13.6. The smallest absolute Gasteiger partial charge is 0.335 e. The first-order chi connectivity index (χ1) is 19.3. The molecule has 6 nitrogen and oxygen atoms in total. The van der Waals surface area contributed by atoms with Gasteiger partial charge in [0.05, 0.1) is 5.69 Å². The van der Waals surface area contributed by atoms with Gasteiger partial charge in [-0.3, -0.25) is 14.9 Å². The lowest BCUT2D eigenvalue weighted by Crippen LogP contribution is -2.54. The lowest BCUT2D eigenvalue weighted by molar-refractivity contribution is -0.122. The number of anilines is 1. The fourth-order valence-electron chi connectivity index (χ4n) is 8.46. The molecule has 8 rings (SSSR count). The van der Waals surface area contributed by atoms with E-state index >= 15 is 0 Å². The summed E-state index contributed by atoms with van der Waals surface area (Å²) in [7, 11) is 0. The molecule has 2 aromatic carbocycles. The zero-order valence-electron chi connectivity index (χ0n) is 23.2. The highest BCUT2D eigenvalue weighted by atomic mass is 16.2. The minimum Gasteiger partial charge on any atom is -0.344 e. The number of amides is 4. The van der Waals surface area contributed by atoms with Crippen molar-refractivity contribution >= 4 is 29.6 Å². The Hall–Kier alpha value is -3.93. The summed E-state index contributed by atoms with van der Waals surface area (Å²) < 4.78 is 2.17. The number of hydrogen-bond acceptors (Lipinski definition) is 3. The van der Waals surface area contributed by atoms with Gasteiger partial charge in [0.2, 0.25) is 0 Å². The molecule has 4 amide bonds. The van der Waals surface area contributed by atoms with Crippen molar-refractivity contribution in [2.75, 3.05) is 4.90 Å². The maximum atomic E-state index is 13.6. The number of benzene rings is 2. The molecule has 0 radical (unpaired) electrons. The Morgan fingerprint density at radius 3 is 2.12 bits per heavy atom. The highest BCUT2D eigenvalue weighted by Crippen LogP contribution is 2.60. The molecule has 4 saturated carbocycles. The van der Waals surface area contributed by atoms with Crippen molar-refractivity contribution in [1.29, 1.82) is 0 Å². The van der Waals surface area contributed by atoms with E-state index in [1.54, 1.807) is 6.08 Å². The topological polar surface area (TPSA) is 71.4 Å². The second-order valence-corrected chi connectivity index (χ2v) is 12.6. The van der Waals surface area contributed by atoms with Gasteiger partial charge in [0, 0.05) is 17.9 Å². The number of barbiturate groups is 1. The van der Waals surface area contributed by atoms with E-state index in [-0.39, 0.29) is 11.0 Å². The summed E-state index contributed by atoms with van der Waals surface area (Å²) in [5.41, 5.74) is 5.97. The van der Waals surface area contributed by atoms with E-state index in [1.807, 2.05) is 50.2 Å². The normalized spacial score (nSPS) is 28.4. The SMILES string of the molecule is Cc1cc(/C=C2\C(=O)NC(=O)N(c3ccc(C45CC6CC(CC(C6)C4)C5)cc3)C2=O)c(C)n1Cc1ccccc1. The Morgan fingerprint density at radius 2 is 1.50 bits per heavy atom. The number of hydrogen-bond donors (Lipinski definition) is 1. The number of nitrogens with one attached hydrogen (secondary N) is 1. The average molecular weight is 534 g/mol. The van der Waals surface area contributed by atoms with Crippen molar-refractivity contribution < 1.29 is 14.4 Å². The van der Waals surface area contributed by atoms with Gasteiger partial charge < -0.3 is 4.57 Å². The van der Waals surface area contributed by atoms with Crippen LogP contribution in [-0.4, -0.2) is 22.4 Å². The van der Waals surface area contributed by atoms with E-state index in [0.717, 1.165) is 39.6 Å². The molecule has 1 aromatic heterocycles. The number of aromatic nitrogens is 1. The summed E-state index contributed by atoms with van der Waals surface area (Å²) >= 11 is 0. The minimum atomic E-state index is -0.704. The molecule has 40 heavy (non-hydrogen) atoms. The average Bonchev–Trinajstić information content (AvgIpc) is 3.18. The third-order valence-corrected chi connectivity index (χ3v) is 9.97. The van der Waals surface area contributed by atoms with E-state index in [4.69, 9.17) is 0 Å². The van der Waals surface area contributed by atoms with Crippen LogP contribution in [0.3, 0.4) is 0 Å². The van der Waals surface area contributed by atoms with Crippen LogP contribution in [0.1, 0.15) is 66.6 Å². The Balaban J connectivity index is 1.16. The predicted molar refractivity (Wildman–Crippen MR) is 155 cm³/mol. The molecule has 1 saturated heterocycles. The quantitative estimate of drug-likeness (QED) is 0.310. The van der Waals surface area contributed by atoms with Crippen LogP contribution in [0.2, 0.25) is 0 Å². The van der Waals surface area contributed by atoms with Gasteiger partial charge in [0.15, 0.2) is 0 Å². The number of carbonyl (C=O) groups excluding carboxylic acids is 3. The Labute approximate surface area is 235 Å². The lowest BCUT2D eigenvalue weighted by atomic mass is 9.48. The summed E-state index contributed by atoms with van der Waals surface area (Å²) in [6.45, 7) is 4.70. The molecule has 2 heterocycles. The van der Waals surface area contributed by atoms with Crippen LogP contribution in [-0.2, 0) is 21.5 Å². The second kappa shape index (κ2) is 9.33. The Morgan fingerprint density at radius 1 is 0.875 bits per heavy atom. The number of aryl methyl sites for hydroxylation is 1. The Kier molecular flexibility index (Phi) is 5.84. The summed E-state index contributed by atoms with van der Waals surface area (Å²) in [6, 6.07) is 19.4. The van der Waals surface area contributed by atoms with Gasteiger partial charge in [0.25, 0.3) is 11.8 Å². The second-order valence-electron chi connectivity index (χ2n) is 12.6. The van der Waals surface area contributed by atoms with E-state index in [0.29, 0.717) is 12.2 Å². The van der Waals surface area contributed by atoms with Crippen molar-refractivity contribution in [2.24, 2.45) is 17.8 Å². The minimum absolute atomic E-state index is 0.0373. The third-order valence-electron chi connectivity index (χ3n) is 9.97. The van der Waals surface area contributed by atoms with E-state index in [2.05, 4.69) is 34.1 Å². The van der Waals surface area contributed by atoms with Crippen LogP contribution in [0, 0.1) is 31.6 Å². The number of carbonyl (C=O) groups is 3. The third kappa shape index (κ3) is 4.12. The van der Waals surface area contributed by atoms with Crippen molar-refractivity contribution in [1.82, 2.24) is 9.88 Å². The van der Waals surface area contributed by atoms with Gasteiger partial charge in [-0.05, 0) is 117 Å². The monoisotopic (exact) mass is 533 g/mol. The highest BCUT2D eigenvalue weighted by Gasteiger charge is 2.51. The molecule has 0 unspecified atom stereocenters. The molecule has 204 valence electrons. The summed E-state index contributed by atoms with van der Waals surface area (Å²) in [4.78, 5) is 40.5. The van der Waals surface area contributed by atoms with Crippen LogP contribution >= 0.6 is 0 Å². The zero-order chi connectivity index (χ0) is 27.6. The first kappa shape index (κ1) is 25.1. The Bertz CT molecular complexity index is 1510. The van der Waals surface area contributed by atoms with Gasteiger partial charge in [-0.1, -0.05) is 42.5 Å². The van der Waals surface area contributed by atoms with Gasteiger partial charge in [0.1, 0.15) is 5.57 Å². The lowest BCUT2D eigenvalue weighted by Gasteiger charge is -2.57. The molecule has 1 N–H and O–H groups in total. The molecule has 0 atom stereocenters. The molecular weight excluding hydrogens is 498 g/mol. The summed E-state index contributed by atoms with van der Waals surface area (Å²) in [5, 5.41) is 2.38. The van der Waals surface area contributed by atoms with Crippen molar-refractivity contribution in [3.8, 4) is 0 Å². The van der Waals surface area contributed by atoms with Crippen molar-refractivity contribution in [2.45, 2.75) is 64.3 Å². The summed E-state index contributed by atoms with van der Waals surface area (Å²) in [6.07, 6.45) is 9.54. The largest absolute Gasteiger partial charge is 0.344 e. The zero-order valence-corrected chi connectivity index (χ0v) is 23.2. The fourth-order valence-corrected chi connectivity index (χ4v) is 8.46. The molecule has 4 bridgehead atoms. The van der Waals surface area contributed by atoms with Crippen LogP contribution < -0.4 is 10.2 Å². The van der Waals surface area contributed by atoms with Crippen molar-refractivity contribution in [3.63, 3.8) is 0 Å². The molecule has 3 aromatic rings. The maximum Gasteiger partial charge on any atom is 0.335 e. The van der Waals surface area contributed by atoms with E-state index < -0.39 is 17.8 Å². The number of nitrogens with zero attached hydrogens (tertiary/aromatic N) is 2. The predicted octanol–water partition coefficient (Wildman–Crippen LogP) is 6.29. The van der Waals surface area contributed by atoms with Crippen LogP contribution in [0.15, 0.2) is 66.2 Å². The van der Waals surface area contributed by atoms with Gasteiger partial charge >= 0.3 is 6.03 Å². The molecular formula is C34H35N3O3. The number of rotatable bonds is 5. The van der Waals surface area contributed by atoms with Gasteiger partial charge in [-0.2, -0.15) is 0 Å². The molecule has 6 heteroatoms.